The Hall–Kier alpha value is -6.50. The maximum atomic E-state index is 12.8. The summed E-state index contributed by atoms with van der Waals surface area (Å²) in [6, 6.07) is 23.2. The fourth-order valence-corrected chi connectivity index (χ4v) is 9.64. The molecule has 0 aromatic heterocycles. The van der Waals surface area contributed by atoms with Crippen LogP contribution in [0.15, 0.2) is 113 Å². The van der Waals surface area contributed by atoms with Crippen molar-refractivity contribution in [2.75, 3.05) is 152 Å². The average molecular weight is 1360 g/mol. The number of hydrogen-bond acceptors (Lipinski definition) is 16. The molecular weight excluding hydrogens is 1290 g/mol. The maximum Gasteiger partial charge on any atom is 0.416 e. The van der Waals surface area contributed by atoms with E-state index in [0.29, 0.717) is 103 Å². The minimum atomic E-state index is -4.64. The van der Waals surface area contributed by atoms with Crippen LogP contribution < -0.4 is 25.8 Å². The summed E-state index contributed by atoms with van der Waals surface area (Å²) in [7, 11) is 2.97. The van der Waals surface area contributed by atoms with E-state index in [2.05, 4.69) is 16.4 Å². The minimum absolute atomic E-state index is 0. The number of rotatable bonds is 15. The van der Waals surface area contributed by atoms with Crippen molar-refractivity contribution in [3.63, 3.8) is 0 Å². The van der Waals surface area contributed by atoms with Crippen LogP contribution >= 0.6 is 21.7 Å². The highest BCUT2D eigenvalue weighted by atomic mass is 35.7. The molecule has 0 amide bonds. The van der Waals surface area contributed by atoms with Gasteiger partial charge in [0.05, 0.1) is 44.6 Å². The first kappa shape index (κ1) is 81.5. The SMILES string of the molecule is Cc1ccc(S(=O)(=O)OCCF)cc1.Cc1ccc(SCl)cc1.Nc1cc(N2CCN(CCF)CC2)cc(C(F)(F)F)c1.O.O.O=[N+]([O-])c1cc(N2CCN(CCF)CC2)cc(C(F)(F)F)c1.O=[N+]([O-])c1cc(N2CCNCC2)cc(C(F)(F)F)c1.OCCF. The van der Waals surface area contributed by atoms with Gasteiger partial charge in [-0.3, -0.25) is 34.2 Å². The molecule has 19 nitrogen and oxygen atoms in total. The standard InChI is InChI=1S/C13H15F4N3O2.C13H17F4N3.C11H12F3N3O2.C9H11FO3S.C7H7ClS.C2H5FO.2H2O/c14-1-2-18-3-5-19(6-4-18)11-7-10(13(15,16)17)8-12(9-11)20(21)22;14-1-2-19-3-5-20(6-4-19)12-8-10(13(15,16)17)7-11(18)9-12;12-11(13,14)8-5-9(7-10(6-8)17(18)19)16-3-1-15-2-4-16;1-8-2-4-9(5-3-8)14(11,12)13-7-6-10;1-6-2-4-7(9-8)5-3-6;3-1-2-4;;/h7-9H,1-6H2;7-9H,1-6,18H2;5-7,15H,1-4H2;2-5H,6-7H2,1H3;2-5H,1H3;4H,1-2H2;2*1H2. The fourth-order valence-electron chi connectivity index (χ4n) is 8.20. The Balaban J connectivity index is 0.000000563. The molecule has 5 aromatic rings. The van der Waals surface area contributed by atoms with Crippen molar-refractivity contribution >= 4 is 65.9 Å². The second kappa shape index (κ2) is 39.7. The topological polar surface area (TPSA) is 267 Å². The molecule has 0 bridgehead atoms. The second-order valence-corrected chi connectivity index (χ2v) is 21.9. The Morgan fingerprint density at radius 1 is 0.567 bits per heavy atom. The zero-order valence-electron chi connectivity index (χ0n) is 48.6. The predicted octanol–water partition coefficient (Wildman–Crippen LogP) is 10.3. The molecule has 5 aromatic carbocycles. The molecule has 0 saturated carbocycles. The van der Waals surface area contributed by atoms with E-state index in [4.69, 9.17) is 21.5 Å². The Morgan fingerprint density at radius 2 is 0.922 bits per heavy atom. The quantitative estimate of drug-likeness (QED) is 0.0289. The van der Waals surface area contributed by atoms with Gasteiger partial charge in [-0.1, -0.05) is 35.4 Å². The summed E-state index contributed by atoms with van der Waals surface area (Å²) in [6.45, 7) is 8.04. The molecule has 8 N–H and O–H groups in total. The first-order valence-corrected chi connectivity index (χ1v) is 29.7. The van der Waals surface area contributed by atoms with Gasteiger partial charge in [0.2, 0.25) is 0 Å². The van der Waals surface area contributed by atoms with E-state index in [1.54, 1.807) is 28.0 Å². The van der Waals surface area contributed by atoms with Crippen LogP contribution in [0.4, 0.5) is 91.2 Å². The lowest BCUT2D eigenvalue weighted by Crippen LogP contribution is -2.47. The van der Waals surface area contributed by atoms with Gasteiger partial charge in [-0.15, -0.1) is 0 Å². The first-order valence-electron chi connectivity index (χ1n) is 26.7. The number of aliphatic hydroxyl groups is 1. The van der Waals surface area contributed by atoms with Crippen LogP contribution in [0.3, 0.4) is 0 Å². The smallest absolute Gasteiger partial charge is 0.412 e. The Kier molecular flexibility index (Phi) is 35.9. The monoisotopic (exact) mass is 1360 g/mol. The lowest BCUT2D eigenvalue weighted by molar-refractivity contribution is -0.385. The Morgan fingerprint density at radius 3 is 1.26 bits per heavy atom. The van der Waals surface area contributed by atoms with Gasteiger partial charge in [0.1, 0.15) is 26.7 Å². The van der Waals surface area contributed by atoms with Crippen LogP contribution in [0.2, 0.25) is 0 Å². The number of aliphatic hydroxyl groups excluding tert-OH is 1. The molecule has 8 rings (SSSR count). The summed E-state index contributed by atoms with van der Waals surface area (Å²) in [6.07, 6.45) is -13.6. The largest absolute Gasteiger partial charge is 0.416 e. The second-order valence-electron chi connectivity index (χ2n) is 19.2. The number of hydrogen-bond donors (Lipinski definition) is 3. The van der Waals surface area contributed by atoms with Crippen molar-refractivity contribution in [3.05, 3.63) is 151 Å². The van der Waals surface area contributed by atoms with Crippen molar-refractivity contribution in [1.82, 2.24) is 15.1 Å². The fraction of sp³-hybridized carbons (Fsp3) is 0.455. The lowest BCUT2D eigenvalue weighted by Gasteiger charge is -2.36. The molecule has 0 aliphatic carbocycles. The number of halogens is 14. The highest BCUT2D eigenvalue weighted by Crippen LogP contribution is 2.38. The molecule has 3 fully saturated rings. The van der Waals surface area contributed by atoms with Crippen LogP contribution in [0.25, 0.3) is 0 Å². The predicted molar refractivity (Wildman–Crippen MR) is 320 cm³/mol. The van der Waals surface area contributed by atoms with E-state index < -0.39 is 99.9 Å². The van der Waals surface area contributed by atoms with Gasteiger partial charge >= 0.3 is 18.5 Å². The number of nitrogens with one attached hydrogen (secondary N) is 1. The van der Waals surface area contributed by atoms with Crippen molar-refractivity contribution in [2.24, 2.45) is 0 Å². The van der Waals surface area contributed by atoms with Gasteiger partial charge in [0, 0.05) is 144 Å². The molecule has 3 saturated heterocycles. The molecule has 35 heteroatoms. The number of non-ortho nitro benzene ring substituents is 2. The highest BCUT2D eigenvalue weighted by molar-refractivity contribution is 8.21. The number of benzene rings is 5. The van der Waals surface area contributed by atoms with Crippen molar-refractivity contribution in [3.8, 4) is 0 Å². The third-order valence-corrected chi connectivity index (χ3v) is 15.0. The molecule has 0 radical (unpaired) electrons. The summed E-state index contributed by atoms with van der Waals surface area (Å²) in [5, 5.41) is 32.1. The van der Waals surface area contributed by atoms with Crippen LogP contribution in [-0.2, 0) is 32.8 Å². The van der Waals surface area contributed by atoms with Crippen molar-refractivity contribution in [1.29, 1.82) is 0 Å². The molecule has 0 spiro atoms. The van der Waals surface area contributed by atoms with Crippen molar-refractivity contribution < 1.29 is 95.6 Å². The molecule has 90 heavy (non-hydrogen) atoms. The number of aryl methyl sites for hydroxylation is 2. The average Bonchev–Trinajstić information content (AvgIpc) is 0.936. The van der Waals surface area contributed by atoms with E-state index >= 15 is 0 Å². The number of nitrogens with zero attached hydrogens (tertiary/aromatic N) is 7. The van der Waals surface area contributed by atoms with Crippen LogP contribution in [0.1, 0.15) is 27.8 Å². The van der Waals surface area contributed by atoms with Gasteiger partial charge in [0.25, 0.3) is 21.5 Å². The molecule has 0 unspecified atom stereocenters. The van der Waals surface area contributed by atoms with Crippen LogP contribution in [0, 0.1) is 34.1 Å². The first-order chi connectivity index (χ1) is 41.4. The highest BCUT2D eigenvalue weighted by Gasteiger charge is 2.36. The number of nitrogens with two attached hydrogens (primary N) is 1. The Bertz CT molecular complexity index is 3020. The summed E-state index contributed by atoms with van der Waals surface area (Å²) >= 11 is 0. The lowest BCUT2D eigenvalue weighted by atomic mass is 10.1. The van der Waals surface area contributed by atoms with Crippen LogP contribution in [0.5, 0.6) is 0 Å². The zero-order valence-corrected chi connectivity index (χ0v) is 51.0. The van der Waals surface area contributed by atoms with Gasteiger partial charge < -0.3 is 41.8 Å². The van der Waals surface area contributed by atoms with Crippen molar-refractivity contribution in [2.45, 2.75) is 42.2 Å². The number of anilines is 4. The van der Waals surface area contributed by atoms with E-state index in [1.807, 2.05) is 45.9 Å². The van der Waals surface area contributed by atoms with E-state index in [-0.39, 0.29) is 46.1 Å². The van der Waals surface area contributed by atoms with Gasteiger partial charge in [0.15, 0.2) is 0 Å². The minimum Gasteiger partial charge on any atom is -0.412 e. The third kappa shape index (κ3) is 28.8. The molecule has 3 aliphatic rings. The van der Waals surface area contributed by atoms with Gasteiger partial charge in [-0.25, -0.2) is 17.6 Å². The molecule has 0 atom stereocenters. The number of nitro groups is 2. The number of alkyl halides is 13. The normalized spacial score (nSPS) is 14.6. The summed E-state index contributed by atoms with van der Waals surface area (Å²) in [5.41, 5.74) is 4.85. The summed E-state index contributed by atoms with van der Waals surface area (Å²) in [5.74, 6) is 0. The zero-order chi connectivity index (χ0) is 65.8. The maximum absolute atomic E-state index is 12.8. The molecule has 3 aliphatic heterocycles. The van der Waals surface area contributed by atoms with E-state index in [9.17, 15) is 85.7 Å². The summed E-state index contributed by atoms with van der Waals surface area (Å²) in [4.78, 5) is 30.1. The van der Waals surface area contributed by atoms with E-state index in [0.717, 1.165) is 40.8 Å². The molecule has 506 valence electrons. The van der Waals surface area contributed by atoms with Crippen LogP contribution in [-0.4, -0.2) is 176 Å². The van der Waals surface area contributed by atoms with E-state index in [1.165, 1.54) is 34.7 Å². The number of nitro benzene ring substituents is 2. The van der Waals surface area contributed by atoms with Gasteiger partial charge in [-0.2, -0.15) is 47.9 Å². The number of piperazine rings is 3. The molecule has 3 heterocycles. The Labute approximate surface area is 520 Å². The third-order valence-electron chi connectivity index (χ3n) is 12.7. The number of nitrogen functional groups attached to an aromatic ring is 1. The summed E-state index contributed by atoms with van der Waals surface area (Å²) < 4.78 is 189. The molecular formula is C55H71ClF13N9O10S2. The van der Waals surface area contributed by atoms with Gasteiger partial charge in [-0.05, 0) is 90.1 Å².